The molecule has 0 fully saturated rings. The van der Waals surface area contributed by atoms with Gasteiger partial charge in [0, 0.05) is 23.7 Å². The fraction of sp³-hybridized carbons (Fsp3) is 0.400. The number of imidazole rings is 1. The maximum atomic E-state index is 14.8. The molecule has 0 aliphatic carbocycles. The number of nitrogens with two attached hydrogens (primary N) is 1. The number of ether oxygens (including phenoxy) is 1. The van der Waals surface area contributed by atoms with Crippen LogP contribution in [0, 0.1) is 5.82 Å². The Morgan fingerprint density at radius 1 is 1.32 bits per heavy atom. The van der Waals surface area contributed by atoms with E-state index in [-0.39, 0.29) is 18.2 Å². The molecule has 0 aliphatic rings. The lowest BCUT2D eigenvalue weighted by Gasteiger charge is -2.29. The van der Waals surface area contributed by atoms with Crippen molar-refractivity contribution in [2.75, 3.05) is 13.7 Å². The first kappa shape index (κ1) is 19.9. The molecule has 1 unspecified atom stereocenters. The van der Waals surface area contributed by atoms with E-state index < -0.39 is 17.2 Å². The molecule has 148 valence electrons. The van der Waals surface area contributed by atoms with Crippen LogP contribution in [0.25, 0.3) is 22.4 Å². The van der Waals surface area contributed by atoms with E-state index in [9.17, 15) is 9.18 Å². The van der Waals surface area contributed by atoms with Crippen molar-refractivity contribution in [2.24, 2.45) is 5.73 Å². The van der Waals surface area contributed by atoms with Gasteiger partial charge in [-0.1, -0.05) is 6.92 Å². The number of fused-ring (bicyclic) bond motifs is 1. The van der Waals surface area contributed by atoms with E-state index in [0.717, 1.165) is 0 Å². The Hall–Kier alpha value is -2.87. The highest BCUT2D eigenvalue weighted by molar-refractivity contribution is 5.89. The zero-order chi connectivity index (χ0) is 20.5. The summed E-state index contributed by atoms with van der Waals surface area (Å²) in [5.41, 5.74) is 7.33. The molecule has 3 rings (SSSR count). The third kappa shape index (κ3) is 3.03. The Balaban J connectivity index is 2.22. The van der Waals surface area contributed by atoms with Crippen LogP contribution in [0.3, 0.4) is 0 Å². The second-order valence-corrected chi connectivity index (χ2v) is 6.97. The SMILES string of the molecule is CCC(CN)(C(=O)OC)c1cc(-c2ncnc3c2ncn3C(C)C)ccc1F. The van der Waals surface area contributed by atoms with Crippen LogP contribution in [0.1, 0.15) is 38.8 Å². The third-order valence-corrected chi connectivity index (χ3v) is 5.20. The van der Waals surface area contributed by atoms with Crippen LogP contribution in [0.15, 0.2) is 30.9 Å². The quantitative estimate of drug-likeness (QED) is 0.655. The fourth-order valence-electron chi connectivity index (χ4n) is 3.46. The summed E-state index contributed by atoms with van der Waals surface area (Å²) in [6.07, 6.45) is 3.47. The van der Waals surface area contributed by atoms with Crippen LogP contribution in [-0.4, -0.2) is 39.1 Å². The predicted molar refractivity (Wildman–Crippen MR) is 104 cm³/mol. The highest BCUT2D eigenvalue weighted by Gasteiger charge is 2.41. The Labute approximate surface area is 162 Å². The van der Waals surface area contributed by atoms with Gasteiger partial charge in [-0.05, 0) is 38.5 Å². The fourth-order valence-corrected chi connectivity index (χ4v) is 3.46. The number of aromatic nitrogens is 4. The average molecular weight is 385 g/mol. The number of hydrogen-bond donors (Lipinski definition) is 1. The molecule has 2 aromatic heterocycles. The minimum Gasteiger partial charge on any atom is -0.468 e. The van der Waals surface area contributed by atoms with E-state index in [4.69, 9.17) is 10.5 Å². The molecule has 0 bridgehead atoms. The first-order valence-electron chi connectivity index (χ1n) is 9.16. The van der Waals surface area contributed by atoms with E-state index in [1.54, 1.807) is 25.4 Å². The van der Waals surface area contributed by atoms with Crippen molar-refractivity contribution in [3.05, 3.63) is 42.2 Å². The van der Waals surface area contributed by atoms with Gasteiger partial charge >= 0.3 is 5.97 Å². The largest absolute Gasteiger partial charge is 0.468 e. The third-order valence-electron chi connectivity index (χ3n) is 5.20. The maximum Gasteiger partial charge on any atom is 0.317 e. The van der Waals surface area contributed by atoms with Gasteiger partial charge in [-0.25, -0.2) is 19.3 Å². The number of esters is 1. The highest BCUT2D eigenvalue weighted by atomic mass is 19.1. The van der Waals surface area contributed by atoms with Gasteiger partial charge in [-0.3, -0.25) is 4.79 Å². The molecule has 1 aromatic carbocycles. The first-order valence-corrected chi connectivity index (χ1v) is 9.16. The van der Waals surface area contributed by atoms with Crippen LogP contribution in [0.2, 0.25) is 0 Å². The number of methoxy groups -OCH3 is 1. The minimum absolute atomic E-state index is 0.0717. The van der Waals surface area contributed by atoms with Gasteiger partial charge in [0.25, 0.3) is 0 Å². The number of halogens is 1. The molecule has 7 nitrogen and oxygen atoms in total. The standard InChI is InChI=1S/C20H24FN5O2/c1-5-20(9-22,19(27)28-4)14-8-13(6-7-15(14)21)16-17-18(24-10-23-16)26(11-25-17)12(2)3/h6-8,10-12H,5,9,22H2,1-4H3. The smallest absolute Gasteiger partial charge is 0.317 e. The number of rotatable bonds is 6. The number of nitrogens with zero attached hydrogens (tertiary/aromatic N) is 4. The summed E-state index contributed by atoms with van der Waals surface area (Å²) < 4.78 is 21.6. The van der Waals surface area contributed by atoms with Gasteiger partial charge in [0.2, 0.25) is 0 Å². The molecule has 2 heterocycles. The Bertz CT molecular complexity index is 1010. The molecule has 0 radical (unpaired) electrons. The van der Waals surface area contributed by atoms with Crippen LogP contribution in [0.4, 0.5) is 4.39 Å². The molecule has 0 amide bonds. The molecule has 0 saturated carbocycles. The van der Waals surface area contributed by atoms with Gasteiger partial charge in [0.05, 0.1) is 13.4 Å². The van der Waals surface area contributed by atoms with Gasteiger partial charge in [0.15, 0.2) is 5.65 Å². The Morgan fingerprint density at radius 2 is 2.07 bits per heavy atom. The van der Waals surface area contributed by atoms with Gasteiger partial charge in [0.1, 0.15) is 28.8 Å². The average Bonchev–Trinajstić information content (AvgIpc) is 3.15. The van der Waals surface area contributed by atoms with Crippen molar-refractivity contribution >= 4 is 17.1 Å². The first-order chi connectivity index (χ1) is 13.4. The van der Waals surface area contributed by atoms with Crippen molar-refractivity contribution in [3.63, 3.8) is 0 Å². The van der Waals surface area contributed by atoms with Crippen molar-refractivity contribution in [3.8, 4) is 11.3 Å². The lowest BCUT2D eigenvalue weighted by atomic mass is 9.77. The van der Waals surface area contributed by atoms with Gasteiger partial charge in [-0.2, -0.15) is 0 Å². The van der Waals surface area contributed by atoms with E-state index in [1.807, 2.05) is 18.4 Å². The summed E-state index contributed by atoms with van der Waals surface area (Å²) in [7, 11) is 1.27. The van der Waals surface area contributed by atoms with Crippen LogP contribution in [-0.2, 0) is 14.9 Å². The molecule has 8 heteroatoms. The molecule has 1 atom stereocenters. The summed E-state index contributed by atoms with van der Waals surface area (Å²) in [5, 5.41) is 0. The second-order valence-electron chi connectivity index (χ2n) is 6.97. The second kappa shape index (κ2) is 7.63. The lowest BCUT2D eigenvalue weighted by Crippen LogP contribution is -2.44. The van der Waals surface area contributed by atoms with E-state index in [0.29, 0.717) is 28.8 Å². The van der Waals surface area contributed by atoms with E-state index in [2.05, 4.69) is 15.0 Å². The van der Waals surface area contributed by atoms with E-state index in [1.165, 1.54) is 19.5 Å². The van der Waals surface area contributed by atoms with Gasteiger partial charge < -0.3 is 15.0 Å². The van der Waals surface area contributed by atoms with Crippen LogP contribution in [0.5, 0.6) is 0 Å². The van der Waals surface area contributed by atoms with Crippen molar-refractivity contribution < 1.29 is 13.9 Å². The summed E-state index contributed by atoms with van der Waals surface area (Å²) in [5.74, 6) is -1.08. The highest BCUT2D eigenvalue weighted by Crippen LogP contribution is 2.35. The number of benzene rings is 1. The van der Waals surface area contributed by atoms with Crippen molar-refractivity contribution in [2.45, 2.75) is 38.6 Å². The lowest BCUT2D eigenvalue weighted by molar-refractivity contribution is -0.147. The summed E-state index contributed by atoms with van der Waals surface area (Å²) >= 11 is 0. The van der Waals surface area contributed by atoms with Crippen LogP contribution >= 0.6 is 0 Å². The van der Waals surface area contributed by atoms with Crippen LogP contribution < -0.4 is 5.73 Å². The van der Waals surface area contributed by atoms with Crippen molar-refractivity contribution in [1.82, 2.24) is 19.5 Å². The normalized spacial score (nSPS) is 13.7. The number of carbonyl (C=O) groups is 1. The van der Waals surface area contributed by atoms with Crippen molar-refractivity contribution in [1.29, 1.82) is 0 Å². The molecular formula is C20H24FN5O2. The van der Waals surface area contributed by atoms with Gasteiger partial charge in [-0.15, -0.1) is 0 Å². The minimum atomic E-state index is -1.27. The Kier molecular flexibility index (Phi) is 5.42. The predicted octanol–water partition coefficient (Wildman–Crippen LogP) is 2.99. The maximum absolute atomic E-state index is 14.8. The molecule has 28 heavy (non-hydrogen) atoms. The summed E-state index contributed by atoms with van der Waals surface area (Å²) in [4.78, 5) is 25.6. The summed E-state index contributed by atoms with van der Waals surface area (Å²) in [6.45, 7) is 5.78. The molecule has 0 saturated heterocycles. The molecule has 3 aromatic rings. The number of carbonyl (C=O) groups excluding carboxylic acids is 1. The molecule has 0 spiro atoms. The van der Waals surface area contributed by atoms with E-state index >= 15 is 0 Å². The zero-order valence-electron chi connectivity index (χ0n) is 16.4. The molecular weight excluding hydrogens is 361 g/mol. The molecule has 0 aliphatic heterocycles. The number of hydrogen-bond acceptors (Lipinski definition) is 6. The summed E-state index contributed by atoms with van der Waals surface area (Å²) in [6, 6.07) is 4.73. The topological polar surface area (TPSA) is 95.9 Å². The monoisotopic (exact) mass is 385 g/mol. The Morgan fingerprint density at radius 3 is 2.68 bits per heavy atom. The zero-order valence-corrected chi connectivity index (χ0v) is 16.4. The molecule has 2 N–H and O–H groups in total.